The average Bonchev–Trinajstić information content (AvgIpc) is 3.28. The number of fused-ring (bicyclic) bond motifs is 1. The molecule has 34 heavy (non-hydrogen) atoms. The van der Waals surface area contributed by atoms with Crippen LogP contribution in [0.3, 0.4) is 0 Å². The SMILES string of the molecule is COc1ccccc1-c1nnc2n1N=C(c1ccc(C)c(NC(=O)[C@@H](N)CCCCN)c1)CS2. The summed E-state index contributed by atoms with van der Waals surface area (Å²) in [6.45, 7) is 2.55. The number of carbonyl (C=O) groups excluding carboxylic acids is 1. The highest BCUT2D eigenvalue weighted by atomic mass is 32.2. The molecule has 9 nitrogen and oxygen atoms in total. The van der Waals surface area contributed by atoms with E-state index in [1.54, 1.807) is 23.5 Å². The number of anilines is 1. The Balaban J connectivity index is 1.60. The van der Waals surface area contributed by atoms with Crippen molar-refractivity contribution >= 4 is 29.1 Å². The Bertz CT molecular complexity index is 1210. The number of rotatable bonds is 9. The van der Waals surface area contributed by atoms with Crippen molar-refractivity contribution in [2.24, 2.45) is 16.6 Å². The number of aryl methyl sites for hydroxylation is 1. The fraction of sp³-hybridized carbons (Fsp3) is 0.333. The van der Waals surface area contributed by atoms with Crippen LogP contribution in [0, 0.1) is 6.92 Å². The number of unbranched alkanes of at least 4 members (excludes halogenated alkanes) is 1. The molecule has 178 valence electrons. The van der Waals surface area contributed by atoms with Crippen LogP contribution in [0.15, 0.2) is 52.7 Å². The Labute approximate surface area is 203 Å². The van der Waals surface area contributed by atoms with Crippen molar-refractivity contribution in [1.29, 1.82) is 0 Å². The van der Waals surface area contributed by atoms with Crippen LogP contribution >= 0.6 is 11.8 Å². The standard InChI is InChI=1S/C24H29N7O2S/c1-15-10-11-16(13-19(15)27-23(32)18(26)8-5-6-12-25)20-14-34-24-29-28-22(31(24)30-20)17-7-3-4-9-21(17)33-2/h3-4,7,9-11,13,18H,5-6,8,12,14,25-26H2,1-2H3,(H,27,32)/t18-/m0/s1. The van der Waals surface area contributed by atoms with Gasteiger partial charge in [-0.25, -0.2) is 0 Å². The van der Waals surface area contributed by atoms with Gasteiger partial charge in [0.15, 0.2) is 5.82 Å². The first-order valence-electron chi connectivity index (χ1n) is 11.2. The van der Waals surface area contributed by atoms with Crippen molar-refractivity contribution in [3.8, 4) is 17.1 Å². The quantitative estimate of drug-likeness (QED) is 0.402. The van der Waals surface area contributed by atoms with Gasteiger partial charge in [0.1, 0.15) is 5.75 Å². The van der Waals surface area contributed by atoms with E-state index in [0.29, 0.717) is 35.4 Å². The van der Waals surface area contributed by atoms with E-state index in [1.165, 1.54) is 0 Å². The summed E-state index contributed by atoms with van der Waals surface area (Å²) < 4.78 is 7.24. The minimum atomic E-state index is -0.569. The first-order chi connectivity index (χ1) is 16.5. The highest BCUT2D eigenvalue weighted by Crippen LogP contribution is 2.33. The number of nitrogens with two attached hydrogens (primary N) is 2. The number of aromatic nitrogens is 3. The summed E-state index contributed by atoms with van der Waals surface area (Å²) in [7, 11) is 1.63. The molecule has 0 unspecified atom stereocenters. The second-order valence-electron chi connectivity index (χ2n) is 8.06. The smallest absolute Gasteiger partial charge is 0.241 e. The van der Waals surface area contributed by atoms with Gasteiger partial charge in [-0.1, -0.05) is 42.4 Å². The maximum atomic E-state index is 12.6. The first kappa shape index (κ1) is 23.9. The predicted molar refractivity (Wildman–Crippen MR) is 135 cm³/mol. The molecule has 0 saturated heterocycles. The third-order valence-electron chi connectivity index (χ3n) is 5.65. The summed E-state index contributed by atoms with van der Waals surface area (Å²) in [6.07, 6.45) is 2.29. The van der Waals surface area contributed by atoms with Gasteiger partial charge in [0.05, 0.1) is 24.4 Å². The number of methoxy groups -OCH3 is 1. The van der Waals surface area contributed by atoms with E-state index in [9.17, 15) is 4.79 Å². The molecular weight excluding hydrogens is 450 g/mol. The first-order valence-corrected chi connectivity index (χ1v) is 12.2. The van der Waals surface area contributed by atoms with Crippen molar-refractivity contribution in [3.05, 3.63) is 53.6 Å². The summed E-state index contributed by atoms with van der Waals surface area (Å²) in [6, 6.07) is 13.0. The zero-order valence-corrected chi connectivity index (χ0v) is 20.1. The Hall–Kier alpha value is -3.21. The van der Waals surface area contributed by atoms with Crippen LogP contribution in [-0.2, 0) is 4.79 Å². The number of nitrogens with zero attached hydrogens (tertiary/aromatic N) is 4. The second kappa shape index (κ2) is 10.8. The molecule has 10 heteroatoms. The number of benzene rings is 2. The normalized spacial score (nSPS) is 13.7. The topological polar surface area (TPSA) is 133 Å². The Morgan fingerprint density at radius 3 is 2.85 bits per heavy atom. The number of para-hydroxylation sites is 1. The zero-order chi connectivity index (χ0) is 24.1. The fourth-order valence-electron chi connectivity index (χ4n) is 3.67. The third-order valence-corrected chi connectivity index (χ3v) is 6.58. The molecule has 0 bridgehead atoms. The molecule has 0 saturated carbocycles. The van der Waals surface area contributed by atoms with E-state index in [0.717, 1.165) is 40.9 Å². The molecule has 0 aliphatic carbocycles. The molecule has 2 heterocycles. The van der Waals surface area contributed by atoms with E-state index in [1.807, 2.05) is 49.4 Å². The van der Waals surface area contributed by atoms with Gasteiger partial charge in [0.2, 0.25) is 11.1 Å². The minimum absolute atomic E-state index is 0.197. The van der Waals surface area contributed by atoms with Crippen molar-refractivity contribution < 1.29 is 9.53 Å². The molecule has 1 atom stereocenters. The average molecular weight is 480 g/mol. The van der Waals surface area contributed by atoms with Gasteiger partial charge in [-0.05, 0) is 50.1 Å². The van der Waals surface area contributed by atoms with E-state index in [4.69, 9.17) is 21.3 Å². The van der Waals surface area contributed by atoms with Gasteiger partial charge in [0.25, 0.3) is 0 Å². The van der Waals surface area contributed by atoms with Crippen LogP contribution in [0.5, 0.6) is 5.75 Å². The van der Waals surface area contributed by atoms with E-state index >= 15 is 0 Å². The van der Waals surface area contributed by atoms with Crippen LogP contribution in [0.2, 0.25) is 0 Å². The van der Waals surface area contributed by atoms with E-state index in [2.05, 4.69) is 15.5 Å². The molecule has 5 N–H and O–H groups in total. The third kappa shape index (κ3) is 5.14. The summed E-state index contributed by atoms with van der Waals surface area (Å²) >= 11 is 1.56. The van der Waals surface area contributed by atoms with Gasteiger partial charge in [-0.15, -0.1) is 10.2 Å². The lowest BCUT2D eigenvalue weighted by Crippen LogP contribution is -2.35. The number of hydrogen-bond donors (Lipinski definition) is 3. The highest BCUT2D eigenvalue weighted by Gasteiger charge is 2.23. The number of nitrogens with one attached hydrogen (secondary N) is 1. The molecule has 0 fully saturated rings. The van der Waals surface area contributed by atoms with Gasteiger partial charge in [-0.2, -0.15) is 9.78 Å². The van der Waals surface area contributed by atoms with Gasteiger partial charge in [0, 0.05) is 17.0 Å². The summed E-state index contributed by atoms with van der Waals surface area (Å²) in [4.78, 5) is 12.6. The van der Waals surface area contributed by atoms with Crippen molar-refractivity contribution in [2.45, 2.75) is 37.4 Å². The largest absolute Gasteiger partial charge is 0.496 e. The van der Waals surface area contributed by atoms with Crippen LogP contribution < -0.4 is 21.5 Å². The molecule has 2 aromatic carbocycles. The maximum Gasteiger partial charge on any atom is 0.241 e. The monoisotopic (exact) mass is 479 g/mol. The van der Waals surface area contributed by atoms with Crippen LogP contribution in [0.4, 0.5) is 5.69 Å². The number of thioether (sulfide) groups is 1. The summed E-state index contributed by atoms with van der Waals surface area (Å²) in [5.74, 6) is 1.75. The molecule has 1 aliphatic heterocycles. The number of carbonyl (C=O) groups is 1. The van der Waals surface area contributed by atoms with Crippen molar-refractivity contribution in [2.75, 3.05) is 24.7 Å². The minimum Gasteiger partial charge on any atom is -0.496 e. The molecular formula is C24H29N7O2S. The number of ether oxygens (including phenoxy) is 1. The summed E-state index contributed by atoms with van der Waals surface area (Å²) in [5, 5.41) is 17.2. The lowest BCUT2D eigenvalue weighted by Gasteiger charge is -2.17. The van der Waals surface area contributed by atoms with Gasteiger partial charge < -0.3 is 21.5 Å². The predicted octanol–water partition coefficient (Wildman–Crippen LogP) is 3.02. The second-order valence-corrected chi connectivity index (χ2v) is 9.01. The van der Waals surface area contributed by atoms with Gasteiger partial charge in [-0.3, -0.25) is 4.79 Å². The van der Waals surface area contributed by atoms with E-state index < -0.39 is 6.04 Å². The van der Waals surface area contributed by atoms with Crippen molar-refractivity contribution in [1.82, 2.24) is 14.9 Å². The highest BCUT2D eigenvalue weighted by molar-refractivity contribution is 7.99. The van der Waals surface area contributed by atoms with Crippen molar-refractivity contribution in [3.63, 3.8) is 0 Å². The van der Waals surface area contributed by atoms with Crippen LogP contribution in [0.25, 0.3) is 11.4 Å². The summed E-state index contributed by atoms with van der Waals surface area (Å²) in [5.41, 5.74) is 15.9. The Morgan fingerprint density at radius 1 is 1.24 bits per heavy atom. The lowest BCUT2D eigenvalue weighted by atomic mass is 10.1. The fourth-order valence-corrected chi connectivity index (χ4v) is 4.51. The Morgan fingerprint density at radius 2 is 2.06 bits per heavy atom. The molecule has 1 amide bonds. The lowest BCUT2D eigenvalue weighted by molar-refractivity contribution is -0.117. The molecule has 4 rings (SSSR count). The molecule has 1 aliphatic rings. The Kier molecular flexibility index (Phi) is 7.61. The maximum absolute atomic E-state index is 12.6. The number of amides is 1. The molecule has 0 radical (unpaired) electrons. The van der Waals surface area contributed by atoms with Crippen LogP contribution in [0.1, 0.15) is 30.4 Å². The van der Waals surface area contributed by atoms with Gasteiger partial charge >= 0.3 is 0 Å². The van der Waals surface area contributed by atoms with E-state index in [-0.39, 0.29) is 5.91 Å². The number of hydrogen-bond acceptors (Lipinski definition) is 8. The zero-order valence-electron chi connectivity index (χ0n) is 19.3. The van der Waals surface area contributed by atoms with Crippen LogP contribution in [-0.4, -0.2) is 51.9 Å². The molecule has 0 spiro atoms. The molecule has 1 aromatic heterocycles. The molecule has 3 aromatic rings.